The van der Waals surface area contributed by atoms with E-state index in [4.69, 9.17) is 14.2 Å². The summed E-state index contributed by atoms with van der Waals surface area (Å²) in [6.45, 7) is 0.476. The first kappa shape index (κ1) is 19.9. The van der Waals surface area contributed by atoms with Gasteiger partial charge in [-0.1, -0.05) is 12.1 Å². The molecule has 0 unspecified atom stereocenters. The van der Waals surface area contributed by atoms with Crippen molar-refractivity contribution in [2.45, 2.75) is 6.54 Å². The molecule has 0 fully saturated rings. The number of nitrogens with zero attached hydrogens (tertiary/aromatic N) is 3. The lowest BCUT2D eigenvalue weighted by atomic mass is 10.2. The molecule has 2 aromatic carbocycles. The molecule has 0 radical (unpaired) electrons. The van der Waals surface area contributed by atoms with Gasteiger partial charge in [-0.15, -0.1) is 5.10 Å². The Kier molecular flexibility index (Phi) is 6.41. The molecule has 9 nitrogen and oxygen atoms in total. The second-order valence-corrected chi connectivity index (χ2v) is 5.91. The number of methoxy groups -OCH3 is 3. The van der Waals surface area contributed by atoms with Crippen LogP contribution in [0.15, 0.2) is 48.7 Å². The molecule has 29 heavy (non-hydrogen) atoms. The predicted molar refractivity (Wildman–Crippen MR) is 108 cm³/mol. The van der Waals surface area contributed by atoms with Crippen LogP contribution in [-0.2, 0) is 11.3 Å². The smallest absolute Gasteiger partial charge is 0.337 e. The maximum atomic E-state index is 11.7. The third-order valence-corrected chi connectivity index (χ3v) is 4.01. The van der Waals surface area contributed by atoms with Gasteiger partial charge < -0.3 is 24.8 Å². The molecule has 0 aliphatic heterocycles. The molecule has 0 amide bonds. The van der Waals surface area contributed by atoms with Crippen molar-refractivity contribution in [3.05, 3.63) is 59.8 Å². The SMILES string of the molecule is COC(=O)c1cccc(Nc2cnnc(NCc3ccc(OC)c(OC)c3)n2)c1. The third-order valence-electron chi connectivity index (χ3n) is 4.01. The standard InChI is InChI=1S/C20H21N5O4/c1-27-16-8-7-13(9-17(16)28-2)11-21-20-24-18(12-22-25-20)23-15-6-4-5-14(10-15)19(26)29-3/h4-10,12H,11H2,1-3H3,(H2,21,23,24,25). The summed E-state index contributed by atoms with van der Waals surface area (Å²) in [5, 5.41) is 14.2. The lowest BCUT2D eigenvalue weighted by Crippen LogP contribution is -2.07. The molecule has 0 saturated heterocycles. The van der Waals surface area contributed by atoms with Gasteiger partial charge in [0.25, 0.3) is 0 Å². The van der Waals surface area contributed by atoms with E-state index in [-0.39, 0.29) is 0 Å². The van der Waals surface area contributed by atoms with E-state index in [0.29, 0.717) is 41.1 Å². The van der Waals surface area contributed by atoms with Crippen molar-refractivity contribution in [2.24, 2.45) is 0 Å². The highest BCUT2D eigenvalue weighted by molar-refractivity contribution is 5.90. The number of anilines is 3. The number of aromatic nitrogens is 3. The second-order valence-electron chi connectivity index (χ2n) is 5.91. The Morgan fingerprint density at radius 1 is 1.03 bits per heavy atom. The monoisotopic (exact) mass is 395 g/mol. The average molecular weight is 395 g/mol. The molecule has 0 aliphatic carbocycles. The summed E-state index contributed by atoms with van der Waals surface area (Å²) in [6, 6.07) is 12.5. The van der Waals surface area contributed by atoms with E-state index in [2.05, 4.69) is 25.8 Å². The predicted octanol–water partition coefficient (Wildman–Crippen LogP) is 3.03. The van der Waals surface area contributed by atoms with Crippen LogP contribution in [0.3, 0.4) is 0 Å². The Balaban J connectivity index is 1.68. The van der Waals surface area contributed by atoms with Crippen LogP contribution in [0.4, 0.5) is 17.5 Å². The summed E-state index contributed by atoms with van der Waals surface area (Å²) in [4.78, 5) is 16.0. The molecule has 0 aliphatic rings. The molecule has 3 rings (SSSR count). The molecule has 1 aromatic heterocycles. The van der Waals surface area contributed by atoms with E-state index in [0.717, 1.165) is 5.56 Å². The largest absolute Gasteiger partial charge is 0.493 e. The van der Waals surface area contributed by atoms with E-state index in [9.17, 15) is 4.79 Å². The normalized spacial score (nSPS) is 10.2. The van der Waals surface area contributed by atoms with Crippen LogP contribution >= 0.6 is 0 Å². The van der Waals surface area contributed by atoms with Gasteiger partial charge in [0.2, 0.25) is 5.95 Å². The van der Waals surface area contributed by atoms with Gasteiger partial charge in [-0.05, 0) is 35.9 Å². The summed E-state index contributed by atoms with van der Waals surface area (Å²) >= 11 is 0. The molecular weight excluding hydrogens is 374 g/mol. The topological polar surface area (TPSA) is 107 Å². The number of hydrogen-bond donors (Lipinski definition) is 2. The number of benzene rings is 2. The van der Waals surface area contributed by atoms with Gasteiger partial charge in [0, 0.05) is 12.2 Å². The Hall–Kier alpha value is -3.88. The number of carbonyl (C=O) groups is 1. The van der Waals surface area contributed by atoms with Crippen LogP contribution in [-0.4, -0.2) is 42.5 Å². The molecule has 2 N–H and O–H groups in total. The van der Waals surface area contributed by atoms with Crippen molar-refractivity contribution in [1.82, 2.24) is 15.2 Å². The molecule has 3 aromatic rings. The number of ether oxygens (including phenoxy) is 3. The number of carbonyl (C=O) groups excluding carboxylic acids is 1. The average Bonchev–Trinajstić information content (AvgIpc) is 2.77. The van der Waals surface area contributed by atoms with Gasteiger partial charge in [-0.2, -0.15) is 10.1 Å². The van der Waals surface area contributed by atoms with Gasteiger partial charge in [-0.25, -0.2) is 4.79 Å². The summed E-state index contributed by atoms with van der Waals surface area (Å²) < 4.78 is 15.3. The zero-order valence-corrected chi connectivity index (χ0v) is 16.3. The Morgan fingerprint density at radius 2 is 1.86 bits per heavy atom. The van der Waals surface area contributed by atoms with E-state index in [1.807, 2.05) is 24.3 Å². The molecular formula is C20H21N5O4. The van der Waals surface area contributed by atoms with Crippen molar-refractivity contribution < 1.29 is 19.0 Å². The highest BCUT2D eigenvalue weighted by atomic mass is 16.5. The van der Waals surface area contributed by atoms with Gasteiger partial charge in [0.05, 0.1) is 33.1 Å². The molecule has 9 heteroatoms. The number of esters is 1. The Bertz CT molecular complexity index is 996. The minimum Gasteiger partial charge on any atom is -0.493 e. The molecule has 0 spiro atoms. The van der Waals surface area contributed by atoms with E-state index < -0.39 is 5.97 Å². The van der Waals surface area contributed by atoms with Crippen LogP contribution in [0.25, 0.3) is 0 Å². The highest BCUT2D eigenvalue weighted by Crippen LogP contribution is 2.27. The molecule has 150 valence electrons. The van der Waals surface area contributed by atoms with Crippen molar-refractivity contribution in [2.75, 3.05) is 32.0 Å². The maximum absolute atomic E-state index is 11.7. The molecule has 1 heterocycles. The maximum Gasteiger partial charge on any atom is 0.337 e. The fourth-order valence-corrected chi connectivity index (χ4v) is 2.60. The number of hydrogen-bond acceptors (Lipinski definition) is 9. The van der Waals surface area contributed by atoms with Crippen LogP contribution < -0.4 is 20.1 Å². The summed E-state index contributed by atoms with van der Waals surface area (Å²) in [5.41, 5.74) is 2.08. The minimum absolute atomic E-state index is 0.355. The first-order valence-corrected chi connectivity index (χ1v) is 8.73. The highest BCUT2D eigenvalue weighted by Gasteiger charge is 2.08. The van der Waals surface area contributed by atoms with Gasteiger partial charge in [0.1, 0.15) is 0 Å². The Labute approximate surface area is 168 Å². The van der Waals surface area contributed by atoms with E-state index in [1.165, 1.54) is 13.3 Å². The van der Waals surface area contributed by atoms with E-state index >= 15 is 0 Å². The number of nitrogens with one attached hydrogen (secondary N) is 2. The first-order chi connectivity index (χ1) is 14.1. The van der Waals surface area contributed by atoms with E-state index in [1.54, 1.807) is 32.4 Å². The van der Waals surface area contributed by atoms with Crippen molar-refractivity contribution in [3.8, 4) is 11.5 Å². The first-order valence-electron chi connectivity index (χ1n) is 8.73. The molecule has 0 bridgehead atoms. The van der Waals surface area contributed by atoms with Crippen molar-refractivity contribution in [3.63, 3.8) is 0 Å². The third kappa shape index (κ3) is 5.10. The molecule has 0 atom stereocenters. The fraction of sp³-hybridized carbons (Fsp3) is 0.200. The lowest BCUT2D eigenvalue weighted by molar-refractivity contribution is 0.0601. The summed E-state index contributed by atoms with van der Waals surface area (Å²) in [5.74, 6) is 1.73. The number of rotatable bonds is 8. The lowest BCUT2D eigenvalue weighted by Gasteiger charge is -2.11. The Morgan fingerprint density at radius 3 is 2.62 bits per heavy atom. The van der Waals surface area contributed by atoms with Gasteiger partial charge >= 0.3 is 5.97 Å². The quantitative estimate of drug-likeness (QED) is 0.556. The summed E-state index contributed by atoms with van der Waals surface area (Å²) in [6.07, 6.45) is 1.49. The van der Waals surface area contributed by atoms with Crippen LogP contribution in [0.5, 0.6) is 11.5 Å². The van der Waals surface area contributed by atoms with Crippen LogP contribution in [0, 0.1) is 0 Å². The van der Waals surface area contributed by atoms with Crippen molar-refractivity contribution in [1.29, 1.82) is 0 Å². The second kappa shape index (κ2) is 9.36. The zero-order valence-electron chi connectivity index (χ0n) is 16.3. The van der Waals surface area contributed by atoms with Crippen LogP contribution in [0.1, 0.15) is 15.9 Å². The molecule has 0 saturated carbocycles. The van der Waals surface area contributed by atoms with Crippen LogP contribution in [0.2, 0.25) is 0 Å². The van der Waals surface area contributed by atoms with Gasteiger partial charge in [-0.3, -0.25) is 0 Å². The van der Waals surface area contributed by atoms with Gasteiger partial charge in [0.15, 0.2) is 17.3 Å². The summed E-state index contributed by atoms with van der Waals surface area (Å²) in [7, 11) is 4.52. The van der Waals surface area contributed by atoms with Crippen molar-refractivity contribution >= 4 is 23.4 Å². The zero-order chi connectivity index (χ0) is 20.6. The minimum atomic E-state index is -0.410. The fourth-order valence-electron chi connectivity index (χ4n) is 2.60.